The van der Waals surface area contributed by atoms with Crippen molar-refractivity contribution in [3.63, 3.8) is 0 Å². The summed E-state index contributed by atoms with van der Waals surface area (Å²) in [5.41, 5.74) is 1.49. The van der Waals surface area contributed by atoms with E-state index >= 15 is 0 Å². The van der Waals surface area contributed by atoms with Gasteiger partial charge in [0.2, 0.25) is 0 Å². The molecule has 7 heteroatoms. The molecular formula is C26H45IN4O2. The number of ether oxygens (including phenoxy) is 2. The van der Waals surface area contributed by atoms with E-state index in [1.54, 1.807) is 0 Å². The minimum absolute atomic E-state index is 0. The van der Waals surface area contributed by atoms with Crippen LogP contribution < -0.4 is 10.6 Å². The number of nitrogens with zero attached hydrogens (tertiary/aromatic N) is 2. The van der Waals surface area contributed by atoms with Crippen molar-refractivity contribution in [2.75, 3.05) is 66.2 Å². The fourth-order valence-electron chi connectivity index (χ4n) is 4.60. The lowest BCUT2D eigenvalue weighted by atomic mass is 9.90. The third-order valence-electron chi connectivity index (χ3n) is 6.63. The SMILES string of the molecule is CN=C(NCCCCN1CCC(Cc2ccccc2)CC1)NCCCOCC1CCOC1.I. The summed E-state index contributed by atoms with van der Waals surface area (Å²) in [4.78, 5) is 6.97. The van der Waals surface area contributed by atoms with Crippen LogP contribution in [0.25, 0.3) is 0 Å². The lowest BCUT2D eigenvalue weighted by molar-refractivity contribution is 0.0888. The number of likely N-dealkylation sites (tertiary alicyclic amines) is 1. The number of unbranched alkanes of at least 4 members (excludes halogenated alkanes) is 1. The fourth-order valence-corrected chi connectivity index (χ4v) is 4.60. The number of nitrogens with one attached hydrogen (secondary N) is 2. The van der Waals surface area contributed by atoms with Crippen molar-refractivity contribution >= 4 is 29.9 Å². The van der Waals surface area contributed by atoms with E-state index in [1.165, 1.54) is 57.3 Å². The van der Waals surface area contributed by atoms with Gasteiger partial charge in [-0.1, -0.05) is 30.3 Å². The summed E-state index contributed by atoms with van der Waals surface area (Å²) in [5.74, 6) is 2.35. The summed E-state index contributed by atoms with van der Waals surface area (Å²) in [6.45, 7) is 8.97. The summed E-state index contributed by atoms with van der Waals surface area (Å²) in [6.07, 6.45) is 8.47. The van der Waals surface area contributed by atoms with Crippen LogP contribution in [0.15, 0.2) is 35.3 Å². The number of guanidine groups is 1. The Kier molecular flexibility index (Phi) is 15.0. The topological polar surface area (TPSA) is 58.1 Å². The highest BCUT2D eigenvalue weighted by atomic mass is 127. The summed E-state index contributed by atoms with van der Waals surface area (Å²) in [5, 5.41) is 6.83. The van der Waals surface area contributed by atoms with Crippen LogP contribution in [0.1, 0.15) is 44.1 Å². The second kappa shape index (κ2) is 17.5. The van der Waals surface area contributed by atoms with Crippen molar-refractivity contribution in [2.45, 2.75) is 44.9 Å². The molecule has 0 amide bonds. The van der Waals surface area contributed by atoms with Crippen molar-refractivity contribution in [1.82, 2.24) is 15.5 Å². The molecule has 2 heterocycles. The molecule has 2 N–H and O–H groups in total. The molecule has 3 rings (SSSR count). The van der Waals surface area contributed by atoms with Crippen LogP contribution in [0.4, 0.5) is 0 Å². The van der Waals surface area contributed by atoms with Crippen LogP contribution in [-0.4, -0.2) is 77.1 Å². The quantitative estimate of drug-likeness (QED) is 0.162. The van der Waals surface area contributed by atoms with Crippen LogP contribution >= 0.6 is 24.0 Å². The fraction of sp³-hybridized carbons (Fsp3) is 0.731. The van der Waals surface area contributed by atoms with Gasteiger partial charge >= 0.3 is 0 Å². The molecule has 0 bridgehead atoms. The highest BCUT2D eigenvalue weighted by Gasteiger charge is 2.19. The minimum atomic E-state index is 0. The van der Waals surface area contributed by atoms with E-state index in [0.29, 0.717) is 5.92 Å². The summed E-state index contributed by atoms with van der Waals surface area (Å²) in [6, 6.07) is 11.0. The first-order chi connectivity index (χ1) is 15.8. The normalized spacial score (nSPS) is 19.9. The number of piperidine rings is 1. The zero-order chi connectivity index (χ0) is 22.3. The Morgan fingerprint density at radius 1 is 1.03 bits per heavy atom. The zero-order valence-electron chi connectivity index (χ0n) is 20.5. The van der Waals surface area contributed by atoms with Crippen LogP contribution in [0.3, 0.4) is 0 Å². The Balaban J connectivity index is 0.00000385. The van der Waals surface area contributed by atoms with Gasteiger partial charge in [-0.15, -0.1) is 24.0 Å². The van der Waals surface area contributed by atoms with Crippen molar-refractivity contribution in [2.24, 2.45) is 16.8 Å². The molecule has 2 saturated heterocycles. The van der Waals surface area contributed by atoms with Crippen molar-refractivity contribution in [3.8, 4) is 0 Å². The molecule has 188 valence electrons. The number of aliphatic imine (C=N–C) groups is 1. The van der Waals surface area contributed by atoms with E-state index in [9.17, 15) is 0 Å². The van der Waals surface area contributed by atoms with Crippen molar-refractivity contribution in [1.29, 1.82) is 0 Å². The molecule has 0 spiro atoms. The highest BCUT2D eigenvalue weighted by Crippen LogP contribution is 2.21. The summed E-state index contributed by atoms with van der Waals surface area (Å²) >= 11 is 0. The standard InChI is InChI=1S/C26H44N4O2.HI/c1-27-26(29-14-7-18-31-21-25-12-19-32-22-25)28-13-5-6-15-30-16-10-24(11-17-30)20-23-8-3-2-4-9-23;/h2-4,8-9,24-25H,5-7,10-22H2,1H3,(H2,27,28,29);1H. The van der Waals surface area contributed by atoms with E-state index in [4.69, 9.17) is 9.47 Å². The highest BCUT2D eigenvalue weighted by molar-refractivity contribution is 14.0. The molecule has 0 saturated carbocycles. The predicted molar refractivity (Wildman–Crippen MR) is 148 cm³/mol. The van der Waals surface area contributed by atoms with Gasteiger partial charge in [-0.3, -0.25) is 4.99 Å². The van der Waals surface area contributed by atoms with Gasteiger partial charge in [-0.05, 0) is 76.1 Å². The lowest BCUT2D eigenvalue weighted by Gasteiger charge is -2.32. The summed E-state index contributed by atoms with van der Waals surface area (Å²) < 4.78 is 11.1. The predicted octanol–water partition coefficient (Wildman–Crippen LogP) is 3.95. The first-order valence-corrected chi connectivity index (χ1v) is 12.7. The van der Waals surface area contributed by atoms with Crippen LogP contribution in [0, 0.1) is 11.8 Å². The first-order valence-electron chi connectivity index (χ1n) is 12.7. The van der Waals surface area contributed by atoms with Crippen LogP contribution in [0.5, 0.6) is 0 Å². The zero-order valence-corrected chi connectivity index (χ0v) is 22.8. The molecular weight excluding hydrogens is 527 g/mol. The Hall–Kier alpha value is -0.900. The van der Waals surface area contributed by atoms with Gasteiger partial charge in [0.15, 0.2) is 5.96 Å². The van der Waals surface area contributed by atoms with E-state index in [1.807, 2.05) is 7.05 Å². The molecule has 0 radical (unpaired) electrons. The van der Waals surface area contributed by atoms with Crippen molar-refractivity contribution in [3.05, 3.63) is 35.9 Å². The third kappa shape index (κ3) is 11.9. The largest absolute Gasteiger partial charge is 0.381 e. The number of halogens is 1. The maximum absolute atomic E-state index is 5.76. The number of rotatable bonds is 13. The molecule has 0 aliphatic carbocycles. The van der Waals surface area contributed by atoms with Crippen LogP contribution in [0.2, 0.25) is 0 Å². The molecule has 0 aromatic heterocycles. The average Bonchev–Trinajstić information content (AvgIpc) is 3.35. The number of hydrogen-bond donors (Lipinski definition) is 2. The number of benzene rings is 1. The Labute approximate surface area is 218 Å². The summed E-state index contributed by atoms with van der Waals surface area (Å²) in [7, 11) is 1.84. The van der Waals surface area contributed by atoms with Gasteiger partial charge in [-0.2, -0.15) is 0 Å². The number of hydrogen-bond acceptors (Lipinski definition) is 4. The second-order valence-electron chi connectivity index (χ2n) is 9.27. The van der Waals surface area contributed by atoms with Crippen LogP contribution in [-0.2, 0) is 15.9 Å². The van der Waals surface area contributed by atoms with E-state index < -0.39 is 0 Å². The minimum Gasteiger partial charge on any atom is -0.381 e. The monoisotopic (exact) mass is 572 g/mol. The maximum Gasteiger partial charge on any atom is 0.190 e. The molecule has 1 aromatic carbocycles. The van der Waals surface area contributed by atoms with E-state index in [0.717, 1.165) is 64.2 Å². The molecule has 1 atom stereocenters. The molecule has 2 aliphatic rings. The van der Waals surface area contributed by atoms with Gasteiger partial charge < -0.3 is 25.0 Å². The van der Waals surface area contributed by atoms with Gasteiger partial charge in [0.25, 0.3) is 0 Å². The molecule has 2 fully saturated rings. The molecule has 33 heavy (non-hydrogen) atoms. The molecule has 1 aromatic rings. The van der Waals surface area contributed by atoms with E-state index in [-0.39, 0.29) is 24.0 Å². The van der Waals surface area contributed by atoms with E-state index in [2.05, 4.69) is 50.9 Å². The lowest BCUT2D eigenvalue weighted by Crippen LogP contribution is -2.39. The smallest absolute Gasteiger partial charge is 0.190 e. The van der Waals surface area contributed by atoms with Gasteiger partial charge in [-0.25, -0.2) is 0 Å². The van der Waals surface area contributed by atoms with Crippen molar-refractivity contribution < 1.29 is 9.47 Å². The first kappa shape index (κ1) is 28.3. The third-order valence-corrected chi connectivity index (χ3v) is 6.63. The Morgan fingerprint density at radius 3 is 2.48 bits per heavy atom. The van der Waals surface area contributed by atoms with Gasteiger partial charge in [0.05, 0.1) is 13.2 Å². The average molecular weight is 573 g/mol. The maximum atomic E-state index is 5.76. The Bertz CT molecular complexity index is 632. The molecule has 6 nitrogen and oxygen atoms in total. The van der Waals surface area contributed by atoms with Gasteiger partial charge in [0, 0.05) is 39.3 Å². The molecule has 1 unspecified atom stereocenters. The Morgan fingerprint density at radius 2 is 1.79 bits per heavy atom. The van der Waals surface area contributed by atoms with Gasteiger partial charge in [0.1, 0.15) is 0 Å². The molecule has 2 aliphatic heterocycles. The second-order valence-corrected chi connectivity index (χ2v) is 9.27.